The van der Waals surface area contributed by atoms with Crippen molar-refractivity contribution in [2.75, 3.05) is 5.73 Å². The van der Waals surface area contributed by atoms with Crippen molar-refractivity contribution in [2.24, 2.45) is 0 Å². The number of hydrogen-bond donors (Lipinski definition) is 1. The Kier molecular flexibility index (Phi) is 3.12. The molecule has 82 valence electrons. The van der Waals surface area contributed by atoms with Crippen LogP contribution in [-0.4, -0.2) is 5.78 Å². The molecule has 0 aliphatic rings. The molecule has 0 bridgehead atoms. The van der Waals surface area contributed by atoms with E-state index in [1.165, 1.54) is 11.3 Å². The van der Waals surface area contributed by atoms with Crippen LogP contribution in [0.15, 0.2) is 34.1 Å². The summed E-state index contributed by atoms with van der Waals surface area (Å²) in [6.45, 7) is 1.93. The molecule has 1 heterocycles. The van der Waals surface area contributed by atoms with Gasteiger partial charge in [-0.05, 0) is 52.0 Å². The second-order valence-corrected chi connectivity index (χ2v) is 5.18. The van der Waals surface area contributed by atoms with Crippen LogP contribution in [0.2, 0.25) is 0 Å². The fraction of sp³-hybridized carbons (Fsp3) is 0.0833. The standard InChI is InChI=1S/C12H10BrNOS/c1-7-5-6-16-12(7)11(15)8-3-2-4-9(14)10(8)13/h2-6H,14H2,1H3. The molecule has 0 fully saturated rings. The zero-order valence-electron chi connectivity index (χ0n) is 8.66. The molecule has 0 aliphatic heterocycles. The lowest BCUT2D eigenvalue weighted by molar-refractivity contribution is 0.104. The molecule has 0 unspecified atom stereocenters. The van der Waals surface area contributed by atoms with E-state index >= 15 is 0 Å². The van der Waals surface area contributed by atoms with Crippen molar-refractivity contribution in [3.8, 4) is 0 Å². The molecule has 0 aliphatic carbocycles. The van der Waals surface area contributed by atoms with E-state index in [4.69, 9.17) is 5.73 Å². The third-order valence-electron chi connectivity index (χ3n) is 2.34. The number of nitrogen functional groups attached to an aromatic ring is 1. The third kappa shape index (κ3) is 1.90. The maximum absolute atomic E-state index is 12.2. The molecule has 2 rings (SSSR count). The second-order valence-electron chi connectivity index (χ2n) is 3.47. The highest BCUT2D eigenvalue weighted by Gasteiger charge is 2.16. The van der Waals surface area contributed by atoms with E-state index < -0.39 is 0 Å². The highest BCUT2D eigenvalue weighted by atomic mass is 79.9. The Morgan fingerprint density at radius 1 is 1.38 bits per heavy atom. The first-order valence-electron chi connectivity index (χ1n) is 4.74. The van der Waals surface area contributed by atoms with Gasteiger partial charge < -0.3 is 5.73 Å². The first-order chi connectivity index (χ1) is 7.61. The highest BCUT2D eigenvalue weighted by molar-refractivity contribution is 9.10. The van der Waals surface area contributed by atoms with Gasteiger partial charge in [0.05, 0.1) is 9.35 Å². The van der Waals surface area contributed by atoms with Gasteiger partial charge in [0.2, 0.25) is 5.78 Å². The van der Waals surface area contributed by atoms with Gasteiger partial charge in [0.1, 0.15) is 0 Å². The van der Waals surface area contributed by atoms with Crippen LogP contribution in [0, 0.1) is 6.92 Å². The number of carbonyl (C=O) groups is 1. The van der Waals surface area contributed by atoms with Crippen molar-refractivity contribution >= 4 is 38.7 Å². The Morgan fingerprint density at radius 3 is 2.75 bits per heavy atom. The van der Waals surface area contributed by atoms with Crippen LogP contribution in [0.3, 0.4) is 0 Å². The minimum absolute atomic E-state index is 0.0201. The van der Waals surface area contributed by atoms with Gasteiger partial charge in [-0.3, -0.25) is 4.79 Å². The summed E-state index contributed by atoms with van der Waals surface area (Å²) in [4.78, 5) is 13.0. The van der Waals surface area contributed by atoms with Crippen molar-refractivity contribution in [2.45, 2.75) is 6.92 Å². The van der Waals surface area contributed by atoms with E-state index in [2.05, 4.69) is 15.9 Å². The summed E-state index contributed by atoms with van der Waals surface area (Å²) in [6.07, 6.45) is 0. The summed E-state index contributed by atoms with van der Waals surface area (Å²) in [5, 5.41) is 1.92. The zero-order chi connectivity index (χ0) is 11.7. The molecule has 0 spiro atoms. The average Bonchev–Trinajstić information content (AvgIpc) is 2.68. The van der Waals surface area contributed by atoms with E-state index in [-0.39, 0.29) is 5.78 Å². The maximum atomic E-state index is 12.2. The Balaban J connectivity index is 2.50. The van der Waals surface area contributed by atoms with Gasteiger partial charge in [-0.2, -0.15) is 0 Å². The summed E-state index contributed by atoms with van der Waals surface area (Å²) in [5.74, 6) is 0.0201. The molecule has 0 saturated heterocycles. The van der Waals surface area contributed by atoms with Crippen LogP contribution in [0.5, 0.6) is 0 Å². The predicted octanol–water partition coefficient (Wildman–Crippen LogP) is 3.63. The molecule has 1 aromatic heterocycles. The number of ketones is 1. The number of anilines is 1. The number of carbonyl (C=O) groups excluding carboxylic acids is 1. The van der Waals surface area contributed by atoms with Gasteiger partial charge in [-0.1, -0.05) is 6.07 Å². The Morgan fingerprint density at radius 2 is 2.12 bits per heavy atom. The van der Waals surface area contributed by atoms with Crippen molar-refractivity contribution in [1.29, 1.82) is 0 Å². The summed E-state index contributed by atoms with van der Waals surface area (Å²) in [5.41, 5.74) is 7.96. The monoisotopic (exact) mass is 295 g/mol. The number of aryl methyl sites for hydroxylation is 1. The summed E-state index contributed by atoms with van der Waals surface area (Å²) >= 11 is 4.81. The van der Waals surface area contributed by atoms with Gasteiger partial charge in [0.25, 0.3) is 0 Å². The van der Waals surface area contributed by atoms with Gasteiger partial charge in [-0.25, -0.2) is 0 Å². The van der Waals surface area contributed by atoms with Crippen LogP contribution in [0.4, 0.5) is 5.69 Å². The van der Waals surface area contributed by atoms with E-state index in [0.29, 0.717) is 15.7 Å². The van der Waals surface area contributed by atoms with E-state index in [9.17, 15) is 4.79 Å². The Bertz CT molecular complexity index is 548. The fourth-order valence-electron chi connectivity index (χ4n) is 1.45. The lowest BCUT2D eigenvalue weighted by Gasteiger charge is -2.05. The molecule has 4 heteroatoms. The topological polar surface area (TPSA) is 43.1 Å². The van der Waals surface area contributed by atoms with Crippen LogP contribution in [0.1, 0.15) is 20.8 Å². The SMILES string of the molecule is Cc1ccsc1C(=O)c1cccc(N)c1Br. The lowest BCUT2D eigenvalue weighted by atomic mass is 10.1. The molecule has 0 radical (unpaired) electrons. The molecular weight excluding hydrogens is 286 g/mol. The van der Waals surface area contributed by atoms with Crippen molar-refractivity contribution in [3.63, 3.8) is 0 Å². The first kappa shape index (κ1) is 11.4. The second kappa shape index (κ2) is 4.39. The number of thiophene rings is 1. The third-order valence-corrected chi connectivity index (χ3v) is 4.24. The summed E-state index contributed by atoms with van der Waals surface area (Å²) < 4.78 is 0.674. The lowest BCUT2D eigenvalue weighted by Crippen LogP contribution is -2.03. The van der Waals surface area contributed by atoms with E-state index in [1.54, 1.807) is 18.2 Å². The Labute approximate surface area is 106 Å². The molecule has 2 N–H and O–H groups in total. The Hall–Kier alpha value is -1.13. The number of benzene rings is 1. The summed E-state index contributed by atoms with van der Waals surface area (Å²) in [6, 6.07) is 7.28. The number of rotatable bonds is 2. The van der Waals surface area contributed by atoms with Crippen LogP contribution < -0.4 is 5.73 Å². The van der Waals surface area contributed by atoms with Crippen LogP contribution in [-0.2, 0) is 0 Å². The molecule has 2 nitrogen and oxygen atoms in total. The average molecular weight is 296 g/mol. The van der Waals surface area contributed by atoms with Crippen molar-refractivity contribution in [1.82, 2.24) is 0 Å². The molecule has 0 saturated carbocycles. The number of halogens is 1. The molecule has 16 heavy (non-hydrogen) atoms. The van der Waals surface area contributed by atoms with Gasteiger partial charge in [-0.15, -0.1) is 11.3 Å². The van der Waals surface area contributed by atoms with Gasteiger partial charge >= 0.3 is 0 Å². The largest absolute Gasteiger partial charge is 0.398 e. The quantitative estimate of drug-likeness (QED) is 0.679. The molecule has 0 amide bonds. The fourth-order valence-corrected chi connectivity index (χ4v) is 2.78. The van der Waals surface area contributed by atoms with Crippen molar-refractivity contribution < 1.29 is 4.79 Å². The van der Waals surface area contributed by atoms with Gasteiger partial charge in [0, 0.05) is 11.3 Å². The molecule has 0 atom stereocenters. The van der Waals surface area contributed by atoms with E-state index in [0.717, 1.165) is 10.4 Å². The predicted molar refractivity (Wildman–Crippen MR) is 71.0 cm³/mol. The summed E-state index contributed by atoms with van der Waals surface area (Å²) in [7, 11) is 0. The molecule has 1 aromatic carbocycles. The normalized spacial score (nSPS) is 10.4. The van der Waals surface area contributed by atoms with Crippen molar-refractivity contribution in [3.05, 3.63) is 50.1 Å². The highest BCUT2D eigenvalue weighted by Crippen LogP contribution is 2.28. The zero-order valence-corrected chi connectivity index (χ0v) is 11.1. The number of hydrogen-bond acceptors (Lipinski definition) is 3. The molecular formula is C12H10BrNOS. The maximum Gasteiger partial charge on any atom is 0.204 e. The first-order valence-corrected chi connectivity index (χ1v) is 6.41. The van der Waals surface area contributed by atoms with E-state index in [1.807, 2.05) is 18.4 Å². The van der Waals surface area contributed by atoms with Crippen LogP contribution >= 0.6 is 27.3 Å². The van der Waals surface area contributed by atoms with Gasteiger partial charge in [0.15, 0.2) is 0 Å². The van der Waals surface area contributed by atoms with Crippen LogP contribution in [0.25, 0.3) is 0 Å². The smallest absolute Gasteiger partial charge is 0.204 e. The minimum Gasteiger partial charge on any atom is -0.398 e. The number of nitrogens with two attached hydrogens (primary N) is 1. The minimum atomic E-state index is 0.0201. The molecule has 2 aromatic rings.